The van der Waals surface area contributed by atoms with Crippen LogP contribution in [0.4, 0.5) is 11.4 Å². The van der Waals surface area contributed by atoms with E-state index in [0.717, 1.165) is 11.1 Å². The quantitative estimate of drug-likeness (QED) is 0.193. The first-order valence-electron chi connectivity index (χ1n) is 15.6. The summed E-state index contributed by atoms with van der Waals surface area (Å²) < 4.78 is 5.95. The van der Waals surface area contributed by atoms with Crippen molar-refractivity contribution in [2.24, 2.45) is 5.92 Å². The smallest absolute Gasteiger partial charge is 0.304 e. The molecule has 3 heterocycles. The van der Waals surface area contributed by atoms with Gasteiger partial charge in [0.25, 0.3) is 5.91 Å². The number of aliphatic hydroxyl groups excluding tert-OH is 1. The summed E-state index contributed by atoms with van der Waals surface area (Å²) in [7, 11) is 0. The molecule has 1 saturated heterocycles. The molecule has 4 atom stereocenters. The standard InChI is InChI=1S/C36H36BrN3O7/c1-22(7-5-12-32(43)38-20-26-10-4-3-9-25(26)16-29(38)21-41)36(46)30-17-27(37)13-14-31(30)39(35(36)45)19-24-8-6-11-28(15-24)40-33(44)18-34(40)47-23(2)42/h3-11,13-15,17,22,29,34,41,46H,12,16,18-21H2,1-2H3/b7-5+/t22-,29-,34?,36+/m0/s1. The van der Waals surface area contributed by atoms with Crippen molar-refractivity contribution >= 4 is 51.0 Å². The number of hydrogen-bond donors (Lipinski definition) is 2. The van der Waals surface area contributed by atoms with E-state index in [2.05, 4.69) is 15.9 Å². The fourth-order valence-electron chi connectivity index (χ4n) is 6.72. The lowest BCUT2D eigenvalue weighted by Gasteiger charge is -2.39. The van der Waals surface area contributed by atoms with Crippen molar-refractivity contribution in [3.8, 4) is 0 Å². The number of carbonyl (C=O) groups is 4. The normalized spacial score (nSPS) is 22.6. The number of β-lactam (4-membered cyclic amide) rings is 1. The maximum atomic E-state index is 14.1. The number of hydrogen-bond acceptors (Lipinski definition) is 7. The SMILES string of the molecule is CC(=O)OC1CC(=O)N1c1cccc(CN2C(=O)[C@@](O)([C@@H](C)/C=C/CC(=O)N3Cc4ccccc4C[C@H]3CO)c3cc(Br)ccc32)c1. The lowest BCUT2D eigenvalue weighted by Crippen LogP contribution is -2.54. The van der Waals surface area contributed by atoms with Crippen LogP contribution in [-0.4, -0.2) is 57.7 Å². The average molecular weight is 703 g/mol. The Balaban J connectivity index is 1.20. The second-order valence-electron chi connectivity index (χ2n) is 12.3. The van der Waals surface area contributed by atoms with E-state index in [9.17, 15) is 29.4 Å². The van der Waals surface area contributed by atoms with Gasteiger partial charge in [-0.25, -0.2) is 0 Å². The van der Waals surface area contributed by atoms with Crippen LogP contribution in [0.3, 0.4) is 0 Å². The third-order valence-electron chi connectivity index (χ3n) is 9.23. The van der Waals surface area contributed by atoms with E-state index < -0.39 is 29.6 Å². The molecular weight excluding hydrogens is 666 g/mol. The molecule has 0 aliphatic carbocycles. The van der Waals surface area contributed by atoms with Crippen LogP contribution in [0.5, 0.6) is 0 Å². The third-order valence-corrected chi connectivity index (χ3v) is 9.72. The fraction of sp³-hybridized carbons (Fsp3) is 0.333. The first-order chi connectivity index (χ1) is 22.5. The Morgan fingerprint density at radius 3 is 2.55 bits per heavy atom. The van der Waals surface area contributed by atoms with Crippen LogP contribution in [0.1, 0.15) is 48.9 Å². The van der Waals surface area contributed by atoms with Gasteiger partial charge in [0.1, 0.15) is 0 Å². The molecule has 0 spiro atoms. The minimum absolute atomic E-state index is 0.0542. The molecule has 0 bridgehead atoms. The monoisotopic (exact) mass is 701 g/mol. The van der Waals surface area contributed by atoms with E-state index in [1.807, 2.05) is 30.3 Å². The predicted octanol–water partition coefficient (Wildman–Crippen LogP) is 4.34. The van der Waals surface area contributed by atoms with Crippen LogP contribution in [-0.2, 0) is 49.0 Å². The average Bonchev–Trinajstić information content (AvgIpc) is 3.25. The van der Waals surface area contributed by atoms with Gasteiger partial charge in [0.2, 0.25) is 11.8 Å². The van der Waals surface area contributed by atoms with Gasteiger partial charge in [0.15, 0.2) is 11.8 Å². The molecule has 3 aliphatic heterocycles. The first kappa shape index (κ1) is 32.6. The lowest BCUT2D eigenvalue weighted by atomic mass is 9.83. The van der Waals surface area contributed by atoms with Crippen molar-refractivity contribution in [3.05, 3.63) is 106 Å². The van der Waals surface area contributed by atoms with Crippen molar-refractivity contribution in [3.63, 3.8) is 0 Å². The van der Waals surface area contributed by atoms with Gasteiger partial charge in [-0.15, -0.1) is 0 Å². The van der Waals surface area contributed by atoms with Crippen molar-refractivity contribution in [2.45, 2.75) is 64.1 Å². The topological polar surface area (TPSA) is 128 Å². The molecule has 2 N–H and O–H groups in total. The number of halogens is 1. The van der Waals surface area contributed by atoms with E-state index in [0.29, 0.717) is 39.9 Å². The second kappa shape index (κ2) is 13.1. The summed E-state index contributed by atoms with van der Waals surface area (Å²) in [5.41, 5.74) is 2.54. The molecule has 3 aromatic rings. The predicted molar refractivity (Wildman–Crippen MR) is 178 cm³/mol. The third kappa shape index (κ3) is 6.10. The summed E-state index contributed by atoms with van der Waals surface area (Å²) in [5, 5.41) is 22.1. The number of benzene rings is 3. The molecule has 3 aromatic carbocycles. The number of rotatable bonds is 9. The van der Waals surface area contributed by atoms with Crippen LogP contribution < -0.4 is 9.80 Å². The number of nitrogens with zero attached hydrogens (tertiary/aromatic N) is 3. The van der Waals surface area contributed by atoms with Crippen molar-refractivity contribution in [1.29, 1.82) is 0 Å². The lowest BCUT2D eigenvalue weighted by molar-refractivity contribution is -0.154. The number of ether oxygens (including phenoxy) is 1. The molecule has 6 rings (SSSR count). The number of aliphatic hydroxyl groups is 2. The Labute approximate surface area is 281 Å². The molecule has 1 unspecified atom stereocenters. The number of amides is 3. The summed E-state index contributed by atoms with van der Waals surface area (Å²) in [6.45, 7) is 3.44. The summed E-state index contributed by atoms with van der Waals surface area (Å²) in [6.07, 6.45) is 3.44. The summed E-state index contributed by atoms with van der Waals surface area (Å²) in [5.74, 6) is -2.00. The van der Waals surface area contributed by atoms with Gasteiger partial charge in [0.05, 0.1) is 31.3 Å². The van der Waals surface area contributed by atoms with Crippen LogP contribution in [0.25, 0.3) is 0 Å². The van der Waals surface area contributed by atoms with Gasteiger partial charge in [-0.1, -0.05) is 71.4 Å². The molecule has 0 saturated carbocycles. The zero-order valence-corrected chi connectivity index (χ0v) is 27.7. The van der Waals surface area contributed by atoms with Crippen LogP contribution >= 0.6 is 15.9 Å². The van der Waals surface area contributed by atoms with Gasteiger partial charge in [0, 0.05) is 41.5 Å². The highest BCUT2D eigenvalue weighted by molar-refractivity contribution is 9.10. The van der Waals surface area contributed by atoms with E-state index in [-0.39, 0.29) is 43.8 Å². The maximum absolute atomic E-state index is 14.1. The van der Waals surface area contributed by atoms with E-state index in [1.54, 1.807) is 60.4 Å². The molecule has 1 fully saturated rings. The summed E-state index contributed by atoms with van der Waals surface area (Å²) in [6, 6.07) is 20.0. The van der Waals surface area contributed by atoms with Crippen LogP contribution in [0.15, 0.2) is 83.4 Å². The Morgan fingerprint density at radius 2 is 1.83 bits per heavy atom. The minimum Gasteiger partial charge on any atom is -0.441 e. The summed E-state index contributed by atoms with van der Waals surface area (Å²) in [4.78, 5) is 55.9. The molecule has 3 amide bonds. The Hall–Kier alpha value is -4.32. The fourth-order valence-corrected chi connectivity index (χ4v) is 7.08. The summed E-state index contributed by atoms with van der Waals surface area (Å²) >= 11 is 3.48. The van der Waals surface area contributed by atoms with Crippen molar-refractivity contribution in [1.82, 2.24) is 4.90 Å². The molecule has 47 heavy (non-hydrogen) atoms. The van der Waals surface area contributed by atoms with Gasteiger partial charge < -0.3 is 24.7 Å². The second-order valence-corrected chi connectivity index (χ2v) is 13.2. The van der Waals surface area contributed by atoms with E-state index in [1.165, 1.54) is 16.7 Å². The molecule has 3 aliphatic rings. The van der Waals surface area contributed by atoms with Crippen molar-refractivity contribution in [2.75, 3.05) is 16.4 Å². The Bertz CT molecular complexity index is 1780. The van der Waals surface area contributed by atoms with Gasteiger partial charge in [-0.05, 0) is 53.4 Å². The molecule has 0 aromatic heterocycles. The highest BCUT2D eigenvalue weighted by Crippen LogP contribution is 2.47. The van der Waals surface area contributed by atoms with Crippen LogP contribution in [0.2, 0.25) is 0 Å². The number of carbonyl (C=O) groups excluding carboxylic acids is 4. The van der Waals surface area contributed by atoms with Crippen molar-refractivity contribution < 1.29 is 34.1 Å². The van der Waals surface area contributed by atoms with E-state index in [4.69, 9.17) is 4.74 Å². The number of anilines is 2. The highest BCUT2D eigenvalue weighted by Gasteiger charge is 2.52. The molecule has 10 nitrogen and oxygen atoms in total. The maximum Gasteiger partial charge on any atom is 0.304 e. The van der Waals surface area contributed by atoms with Crippen LogP contribution in [0, 0.1) is 5.92 Å². The molecule has 11 heteroatoms. The number of fused-ring (bicyclic) bond motifs is 2. The molecule has 0 radical (unpaired) electrons. The van der Waals surface area contributed by atoms with E-state index >= 15 is 0 Å². The largest absolute Gasteiger partial charge is 0.441 e. The molecule has 244 valence electrons. The molecular formula is C36H36BrN3O7. The van der Waals surface area contributed by atoms with Gasteiger partial charge in [-0.3, -0.25) is 24.1 Å². The highest BCUT2D eigenvalue weighted by atomic mass is 79.9. The van der Waals surface area contributed by atoms with Gasteiger partial charge in [-0.2, -0.15) is 0 Å². The van der Waals surface area contributed by atoms with Gasteiger partial charge >= 0.3 is 5.97 Å². The Kier molecular flexibility index (Phi) is 9.06. The zero-order chi connectivity index (χ0) is 33.5. The first-order valence-corrected chi connectivity index (χ1v) is 16.4. The Morgan fingerprint density at radius 1 is 1.06 bits per heavy atom. The number of esters is 1. The zero-order valence-electron chi connectivity index (χ0n) is 26.1. The minimum atomic E-state index is -1.90.